The van der Waals surface area contributed by atoms with Crippen molar-refractivity contribution in [2.75, 3.05) is 24.6 Å². The van der Waals surface area contributed by atoms with Gasteiger partial charge >= 0.3 is 0 Å². The number of nitrogens with zero attached hydrogens (tertiary/aromatic N) is 1. The van der Waals surface area contributed by atoms with Crippen molar-refractivity contribution in [3.05, 3.63) is 59.5 Å². The number of sulfone groups is 1. The third kappa shape index (κ3) is 3.35. The van der Waals surface area contributed by atoms with Gasteiger partial charge in [-0.1, -0.05) is 0 Å². The summed E-state index contributed by atoms with van der Waals surface area (Å²) in [5.41, 5.74) is 0.956. The molecule has 2 heterocycles. The highest BCUT2D eigenvalue weighted by Crippen LogP contribution is 2.34. The summed E-state index contributed by atoms with van der Waals surface area (Å²) < 4.78 is 39.6. The van der Waals surface area contributed by atoms with Crippen LogP contribution < -0.4 is 19.1 Å². The van der Waals surface area contributed by atoms with Gasteiger partial charge in [0.15, 0.2) is 21.3 Å². The van der Waals surface area contributed by atoms with Crippen molar-refractivity contribution in [1.82, 2.24) is 0 Å². The average molecular weight is 387 g/mol. The van der Waals surface area contributed by atoms with E-state index in [1.165, 1.54) is 11.0 Å². The second-order valence-corrected chi connectivity index (χ2v) is 8.10. The van der Waals surface area contributed by atoms with Crippen molar-refractivity contribution in [2.24, 2.45) is 0 Å². The summed E-state index contributed by atoms with van der Waals surface area (Å²) in [4.78, 5) is 14.7. The Labute approximate surface area is 156 Å². The molecule has 0 N–H and O–H groups in total. The Morgan fingerprint density at radius 2 is 1.85 bits per heavy atom. The molecule has 2 aromatic carbocycles. The van der Waals surface area contributed by atoms with Crippen molar-refractivity contribution in [3.63, 3.8) is 0 Å². The van der Waals surface area contributed by atoms with E-state index in [2.05, 4.69) is 0 Å². The van der Waals surface area contributed by atoms with Gasteiger partial charge in [-0.3, -0.25) is 4.79 Å². The number of benzene rings is 2. The van der Waals surface area contributed by atoms with Crippen molar-refractivity contribution in [3.8, 4) is 17.2 Å². The van der Waals surface area contributed by atoms with Gasteiger partial charge in [0.05, 0.1) is 18.9 Å². The van der Waals surface area contributed by atoms with E-state index in [0.29, 0.717) is 28.5 Å². The Balaban J connectivity index is 1.72. The molecule has 27 heavy (non-hydrogen) atoms. The van der Waals surface area contributed by atoms with E-state index in [1.54, 1.807) is 49.6 Å². The van der Waals surface area contributed by atoms with Gasteiger partial charge in [-0.15, -0.1) is 0 Å². The summed E-state index contributed by atoms with van der Waals surface area (Å²) in [5.74, 6) is 1.22. The average Bonchev–Trinajstić information content (AvgIpc) is 3.27. The first-order valence-corrected chi connectivity index (χ1v) is 9.96. The van der Waals surface area contributed by atoms with Crippen LogP contribution in [0.5, 0.6) is 17.2 Å². The maximum atomic E-state index is 13.3. The van der Waals surface area contributed by atoms with Crippen LogP contribution in [-0.4, -0.2) is 40.0 Å². The molecule has 4 rings (SSSR count). The second-order valence-electron chi connectivity index (χ2n) is 6.17. The van der Waals surface area contributed by atoms with Crippen molar-refractivity contribution < 1.29 is 27.4 Å². The molecule has 1 atom stereocenters. The molecule has 0 unspecified atom stereocenters. The molecule has 7 nitrogen and oxygen atoms in total. The van der Waals surface area contributed by atoms with Gasteiger partial charge in [-0.05, 0) is 48.5 Å². The first-order valence-electron chi connectivity index (χ1n) is 8.25. The standard InChI is InChI=1S/C19H17NO6S/c1-24-16-5-3-14(4-6-16)20(15-8-9-27(22,23)11-15)19(21)13-2-7-17-18(10-13)26-12-25-17/h2-10,15H,11-12H2,1H3/t15-/m1/s1. The fraction of sp³-hybridized carbons (Fsp3) is 0.211. The zero-order valence-corrected chi connectivity index (χ0v) is 15.3. The second kappa shape index (κ2) is 6.62. The van der Waals surface area contributed by atoms with Gasteiger partial charge in [0.1, 0.15) is 5.75 Å². The van der Waals surface area contributed by atoms with Gasteiger partial charge in [0, 0.05) is 16.7 Å². The van der Waals surface area contributed by atoms with Crippen LogP contribution in [0.1, 0.15) is 10.4 Å². The van der Waals surface area contributed by atoms with E-state index in [-0.39, 0.29) is 18.5 Å². The summed E-state index contributed by atoms with van der Waals surface area (Å²) >= 11 is 0. The van der Waals surface area contributed by atoms with E-state index < -0.39 is 15.9 Å². The highest BCUT2D eigenvalue weighted by atomic mass is 32.2. The summed E-state index contributed by atoms with van der Waals surface area (Å²) in [7, 11) is -1.78. The topological polar surface area (TPSA) is 82.1 Å². The molecule has 0 aliphatic carbocycles. The molecule has 2 aliphatic rings. The van der Waals surface area contributed by atoms with E-state index in [9.17, 15) is 13.2 Å². The normalized spacial score (nSPS) is 19.1. The van der Waals surface area contributed by atoms with Gasteiger partial charge < -0.3 is 19.1 Å². The summed E-state index contributed by atoms with van der Waals surface area (Å²) in [6.07, 6.45) is 1.53. The fourth-order valence-electron chi connectivity index (χ4n) is 3.09. The quantitative estimate of drug-likeness (QED) is 0.801. The number of carbonyl (C=O) groups excluding carboxylic acids is 1. The Morgan fingerprint density at radius 1 is 1.11 bits per heavy atom. The molecule has 0 bridgehead atoms. The fourth-order valence-corrected chi connectivity index (χ4v) is 4.36. The molecule has 0 saturated carbocycles. The maximum Gasteiger partial charge on any atom is 0.258 e. The molecule has 0 aromatic heterocycles. The molecule has 0 fully saturated rings. The number of fused-ring (bicyclic) bond motifs is 1. The number of rotatable bonds is 4. The van der Waals surface area contributed by atoms with E-state index >= 15 is 0 Å². The molecular weight excluding hydrogens is 370 g/mol. The minimum absolute atomic E-state index is 0.110. The van der Waals surface area contributed by atoms with Crippen LogP contribution in [0.2, 0.25) is 0 Å². The predicted molar refractivity (Wildman–Crippen MR) is 99.1 cm³/mol. The lowest BCUT2D eigenvalue weighted by molar-refractivity contribution is 0.0982. The van der Waals surface area contributed by atoms with Crippen LogP contribution in [0.15, 0.2) is 53.9 Å². The SMILES string of the molecule is COc1ccc(N(C(=O)c2ccc3c(c2)OCO3)[C@@H]2C=CS(=O)(=O)C2)cc1. The molecule has 0 spiro atoms. The largest absolute Gasteiger partial charge is 0.497 e. The van der Waals surface area contributed by atoms with Crippen LogP contribution in [0.3, 0.4) is 0 Å². The highest BCUT2D eigenvalue weighted by molar-refractivity contribution is 7.94. The molecule has 2 aromatic rings. The number of hydrogen-bond acceptors (Lipinski definition) is 6. The smallest absolute Gasteiger partial charge is 0.258 e. The Kier molecular flexibility index (Phi) is 4.27. The van der Waals surface area contributed by atoms with Crippen LogP contribution in [0.4, 0.5) is 5.69 Å². The molecule has 8 heteroatoms. The zero-order valence-electron chi connectivity index (χ0n) is 14.5. The van der Waals surface area contributed by atoms with Gasteiger partial charge in [-0.25, -0.2) is 8.42 Å². The Bertz CT molecular complexity index is 1010. The summed E-state index contributed by atoms with van der Waals surface area (Å²) in [6, 6.07) is 11.2. The van der Waals surface area contributed by atoms with E-state index in [4.69, 9.17) is 14.2 Å². The van der Waals surface area contributed by atoms with Crippen LogP contribution in [0, 0.1) is 0 Å². The first-order chi connectivity index (χ1) is 13.0. The van der Waals surface area contributed by atoms with Crippen LogP contribution >= 0.6 is 0 Å². The zero-order chi connectivity index (χ0) is 19.0. The number of hydrogen-bond donors (Lipinski definition) is 0. The monoisotopic (exact) mass is 387 g/mol. The van der Waals surface area contributed by atoms with Gasteiger partial charge in [0.2, 0.25) is 6.79 Å². The maximum absolute atomic E-state index is 13.3. The minimum Gasteiger partial charge on any atom is -0.497 e. The van der Waals surface area contributed by atoms with Gasteiger partial charge in [-0.2, -0.15) is 0 Å². The van der Waals surface area contributed by atoms with Crippen LogP contribution in [0.25, 0.3) is 0 Å². The van der Waals surface area contributed by atoms with Crippen LogP contribution in [-0.2, 0) is 9.84 Å². The molecular formula is C19H17NO6S. The number of ether oxygens (including phenoxy) is 3. The number of anilines is 1. The summed E-state index contributed by atoms with van der Waals surface area (Å²) in [6.45, 7) is 0.110. The minimum atomic E-state index is -3.33. The lowest BCUT2D eigenvalue weighted by Crippen LogP contribution is -2.41. The third-order valence-corrected chi connectivity index (χ3v) is 5.81. The van der Waals surface area contributed by atoms with E-state index in [1.807, 2.05) is 0 Å². The number of carbonyl (C=O) groups is 1. The Morgan fingerprint density at radius 3 is 2.52 bits per heavy atom. The van der Waals surface area contributed by atoms with Crippen molar-refractivity contribution in [2.45, 2.75) is 6.04 Å². The lowest BCUT2D eigenvalue weighted by atomic mass is 10.1. The number of methoxy groups -OCH3 is 1. The van der Waals surface area contributed by atoms with E-state index in [0.717, 1.165) is 5.41 Å². The predicted octanol–water partition coefficient (Wildman–Crippen LogP) is 2.38. The van der Waals surface area contributed by atoms with Crippen molar-refractivity contribution >= 4 is 21.4 Å². The van der Waals surface area contributed by atoms with Crippen molar-refractivity contribution in [1.29, 1.82) is 0 Å². The third-order valence-electron chi connectivity index (χ3n) is 4.43. The number of amides is 1. The lowest BCUT2D eigenvalue weighted by Gasteiger charge is -2.28. The molecule has 0 saturated heterocycles. The molecule has 1 amide bonds. The van der Waals surface area contributed by atoms with Gasteiger partial charge in [0.25, 0.3) is 5.91 Å². The summed E-state index contributed by atoms with van der Waals surface area (Å²) in [5, 5.41) is 1.15. The molecule has 0 radical (unpaired) electrons. The molecule has 2 aliphatic heterocycles. The Hall–Kier alpha value is -3.00. The highest BCUT2D eigenvalue weighted by Gasteiger charge is 2.32. The first kappa shape index (κ1) is 17.4. The molecule has 140 valence electrons.